The molecule has 0 radical (unpaired) electrons. The van der Waals surface area contributed by atoms with Crippen LogP contribution in [0.3, 0.4) is 0 Å². The summed E-state index contributed by atoms with van der Waals surface area (Å²) in [5.74, 6) is -4.07. The Morgan fingerprint density at radius 3 is 1.98 bits per heavy atom. The fourth-order valence-corrected chi connectivity index (χ4v) is 7.09. The van der Waals surface area contributed by atoms with Crippen LogP contribution >= 0.6 is 11.8 Å². The number of fused-ring (bicyclic) bond motifs is 5. The van der Waals surface area contributed by atoms with Crippen LogP contribution < -0.4 is 36.7 Å². The van der Waals surface area contributed by atoms with Gasteiger partial charge in [0.2, 0.25) is 36.8 Å². The van der Waals surface area contributed by atoms with Crippen LogP contribution in [0.5, 0.6) is 11.5 Å². The predicted molar refractivity (Wildman–Crippen MR) is 316 cm³/mol. The average molecular weight is 1210 g/mol. The molecule has 2 atom stereocenters. The predicted octanol–water partition coefficient (Wildman–Crippen LogP) is 3.86. The largest absolute Gasteiger partial charge is 0.481 e. The van der Waals surface area contributed by atoms with Crippen LogP contribution in [-0.4, -0.2) is 177 Å². The van der Waals surface area contributed by atoms with Crippen molar-refractivity contribution < 1.29 is 86.5 Å². The summed E-state index contributed by atoms with van der Waals surface area (Å²) in [6, 6.07) is 5.87. The van der Waals surface area contributed by atoms with E-state index in [0.29, 0.717) is 93.7 Å². The summed E-state index contributed by atoms with van der Waals surface area (Å²) in [5, 5.41) is 24.5. The third kappa shape index (κ3) is 30.6. The van der Waals surface area contributed by atoms with Crippen molar-refractivity contribution in [1.82, 2.24) is 30.4 Å². The lowest BCUT2D eigenvalue weighted by atomic mass is 10.0. The topological polar surface area (TPSA) is 359 Å². The zero-order valence-electron chi connectivity index (χ0n) is 50.2. The average Bonchev–Trinajstić information content (AvgIpc) is 4.25. The van der Waals surface area contributed by atoms with Crippen molar-refractivity contribution in [1.29, 1.82) is 0 Å². The minimum Gasteiger partial charge on any atom is -0.481 e. The minimum atomic E-state index is -1.53. The molecule has 5 amide bonds. The molecule has 0 fully saturated rings. The Balaban J connectivity index is 0. The molecule has 4 heterocycles. The number of ether oxygens (including phenoxy) is 7. The number of thioether (sulfide) groups is 1. The number of carboxylic acids is 2. The molecule has 7 N–H and O–H groups in total. The SMILES string of the molecule is C#C.CC.CC(=O)O.CCC.CCCN(CC(=O)NC(C(=O)O[C@H](C=O)c1cc2n(c(=O)c1COC)Cc1cc3cc4c(cc3nc1-2)OCO4)C(C)C)C(=O)CCC(=O)O.CSC.NC(=O)CCOCCOCCOCCNC(=O)CNC=O. The number of pyridine rings is 2. The molecule has 470 valence electrons. The van der Waals surface area contributed by atoms with Gasteiger partial charge in [-0.25, -0.2) is 9.78 Å². The van der Waals surface area contributed by atoms with Gasteiger partial charge < -0.3 is 74.5 Å². The van der Waals surface area contributed by atoms with Crippen molar-refractivity contribution >= 4 is 76.9 Å². The molecule has 2 aliphatic rings. The van der Waals surface area contributed by atoms with E-state index in [4.69, 9.17) is 58.9 Å². The maximum absolute atomic E-state index is 13.8. The second-order valence-corrected chi connectivity index (χ2v) is 18.5. The highest BCUT2D eigenvalue weighted by Crippen LogP contribution is 2.39. The maximum Gasteiger partial charge on any atom is 0.329 e. The van der Waals surface area contributed by atoms with Gasteiger partial charge in [0.15, 0.2) is 23.9 Å². The van der Waals surface area contributed by atoms with E-state index in [1.165, 1.54) is 23.0 Å². The summed E-state index contributed by atoms with van der Waals surface area (Å²) in [6.45, 7) is 17.1. The Bertz CT molecular complexity index is 2590. The second-order valence-electron chi connectivity index (χ2n) is 17.7. The first-order valence-corrected chi connectivity index (χ1v) is 28.6. The number of hydrogen-bond acceptors (Lipinski definition) is 19. The van der Waals surface area contributed by atoms with Crippen LogP contribution in [0.1, 0.15) is 110 Å². The number of rotatable bonds is 30. The van der Waals surface area contributed by atoms with E-state index in [-0.39, 0.29) is 69.3 Å². The molecule has 2 aliphatic heterocycles. The number of primary amides is 1. The Kier molecular flexibility index (Phi) is 43.7. The van der Waals surface area contributed by atoms with Crippen molar-refractivity contribution in [2.45, 2.75) is 113 Å². The zero-order valence-corrected chi connectivity index (χ0v) is 51.1. The standard InChI is InChI=1S/C34H38N4O11.C12H23N3O6.C3H8.C2H4O2.C2H6S.C2H6.C2H2/c1-5-8-37(29(41)6-7-30(42)43)14-28(40)36-31(18(2)3)34(45)49-27(15-39)21-11-24-32-20(13-38(24)33(44)22(21)16-46-4)9-19-10-25-26(48-17-47-25)12-23(19)35-32;13-11(17)1-3-19-5-7-21-8-6-20-4-2-15-12(18)9-14-10-16;1-3-2;1-2(3)4;1-3-2;2*1-2/h9-12,15,18,27,31H,5-8,13-14,16-17H2,1-4H3,(H,36,40)(H,42,43);10H,1-9H2,(H2,13,17)(H,14,16)(H,15,18);3H2,1-2H3;1H3,(H,3,4);1-2H3;1-2H3;1-2H/t27-,31?;;;;;;/m1....../s1. The number of nitrogens with one attached hydrogen (secondary N) is 3. The van der Waals surface area contributed by atoms with Gasteiger partial charge in [-0.05, 0) is 43.0 Å². The number of benzene rings is 1. The van der Waals surface area contributed by atoms with Gasteiger partial charge in [0.1, 0.15) is 6.04 Å². The number of carbonyl (C=O) groups is 9. The molecule has 3 aromatic rings. The van der Waals surface area contributed by atoms with Gasteiger partial charge in [-0.3, -0.25) is 43.2 Å². The number of nitrogens with two attached hydrogens (primary N) is 1. The summed E-state index contributed by atoms with van der Waals surface area (Å²) >= 11 is 1.75. The number of amides is 5. The molecular formula is C57H87N7O19S. The van der Waals surface area contributed by atoms with E-state index in [9.17, 15) is 43.2 Å². The molecule has 0 saturated carbocycles. The van der Waals surface area contributed by atoms with E-state index in [0.717, 1.165) is 17.9 Å². The lowest BCUT2D eigenvalue weighted by Crippen LogP contribution is -2.50. The molecule has 0 spiro atoms. The number of carboxylic acid groups (broad SMARTS) is 2. The van der Waals surface area contributed by atoms with Crippen LogP contribution in [0.2, 0.25) is 0 Å². The van der Waals surface area contributed by atoms with Crippen molar-refractivity contribution in [3.8, 4) is 35.7 Å². The summed E-state index contributed by atoms with van der Waals surface area (Å²) in [7, 11) is 1.40. The first kappa shape index (κ1) is 78.4. The number of terminal acetylenes is 1. The maximum atomic E-state index is 13.8. The summed E-state index contributed by atoms with van der Waals surface area (Å²) in [5.41, 5.74) is 7.07. The van der Waals surface area contributed by atoms with Crippen molar-refractivity contribution in [3.63, 3.8) is 0 Å². The summed E-state index contributed by atoms with van der Waals surface area (Å²) in [6.07, 6.45) is 12.7. The number of hydrogen-bond donors (Lipinski definition) is 6. The number of methoxy groups -OCH3 is 1. The second kappa shape index (κ2) is 46.8. The molecule has 0 saturated heterocycles. The first-order valence-electron chi connectivity index (χ1n) is 27.0. The number of nitrogens with zero attached hydrogens (tertiary/aromatic N) is 3. The van der Waals surface area contributed by atoms with Crippen molar-refractivity contribution in [3.05, 3.63) is 51.3 Å². The molecule has 5 rings (SSSR count). The zero-order chi connectivity index (χ0) is 64.2. The van der Waals surface area contributed by atoms with Crippen molar-refractivity contribution in [2.24, 2.45) is 11.7 Å². The van der Waals surface area contributed by atoms with E-state index < -0.39 is 65.8 Å². The van der Waals surface area contributed by atoms with Crippen LogP contribution in [0, 0.1) is 18.8 Å². The molecule has 26 nitrogen and oxygen atoms in total. The third-order valence-corrected chi connectivity index (χ3v) is 10.5. The highest BCUT2D eigenvalue weighted by molar-refractivity contribution is 7.97. The summed E-state index contributed by atoms with van der Waals surface area (Å²) in [4.78, 5) is 123. The van der Waals surface area contributed by atoms with Gasteiger partial charge in [0.25, 0.3) is 11.5 Å². The van der Waals surface area contributed by atoms with Gasteiger partial charge in [0.05, 0.1) is 94.8 Å². The molecular weight excluding hydrogens is 1120 g/mol. The molecule has 0 aliphatic carbocycles. The number of esters is 1. The normalized spacial score (nSPS) is 11.4. The van der Waals surface area contributed by atoms with Gasteiger partial charge in [-0.15, -0.1) is 12.8 Å². The molecule has 0 bridgehead atoms. The molecule has 84 heavy (non-hydrogen) atoms. The molecule has 1 aromatic carbocycles. The number of carbonyl (C=O) groups excluding carboxylic acids is 7. The van der Waals surface area contributed by atoms with Gasteiger partial charge in [-0.2, -0.15) is 11.8 Å². The number of aliphatic carboxylic acids is 2. The quantitative estimate of drug-likeness (QED) is 0.0187. The Hall–Kier alpha value is -7.64. The fraction of sp³-hybridized carbons (Fsp3) is 0.561. The lowest BCUT2D eigenvalue weighted by Gasteiger charge is -2.26. The number of aromatic nitrogens is 2. The Labute approximate surface area is 495 Å². The monoisotopic (exact) mass is 1210 g/mol. The number of aldehydes is 1. The molecule has 1 unspecified atom stereocenters. The van der Waals surface area contributed by atoms with Crippen molar-refractivity contribution in [2.75, 3.05) is 92.2 Å². The first-order chi connectivity index (χ1) is 40.2. The van der Waals surface area contributed by atoms with Gasteiger partial charge in [-0.1, -0.05) is 54.9 Å². The van der Waals surface area contributed by atoms with Crippen LogP contribution in [0.15, 0.2) is 29.1 Å². The summed E-state index contributed by atoms with van der Waals surface area (Å²) < 4.78 is 39.0. The van der Waals surface area contributed by atoms with Gasteiger partial charge >= 0.3 is 11.9 Å². The van der Waals surface area contributed by atoms with Crippen LogP contribution in [0.25, 0.3) is 22.3 Å². The van der Waals surface area contributed by atoms with E-state index in [2.05, 4.69) is 42.6 Å². The minimum absolute atomic E-state index is 0.0393. The fourth-order valence-electron chi connectivity index (χ4n) is 7.09. The molecule has 2 aromatic heterocycles. The van der Waals surface area contributed by atoms with Crippen LogP contribution in [0.4, 0.5) is 0 Å². The van der Waals surface area contributed by atoms with Crippen LogP contribution in [-0.2, 0) is 80.0 Å². The van der Waals surface area contributed by atoms with E-state index in [1.807, 2.05) is 38.5 Å². The highest BCUT2D eigenvalue weighted by Gasteiger charge is 2.33. The Morgan fingerprint density at radius 2 is 1.45 bits per heavy atom. The smallest absolute Gasteiger partial charge is 0.329 e. The van der Waals surface area contributed by atoms with Gasteiger partial charge in [0, 0.05) is 62.5 Å². The van der Waals surface area contributed by atoms with E-state index in [1.54, 1.807) is 44.7 Å². The van der Waals surface area contributed by atoms with E-state index >= 15 is 0 Å². The third-order valence-electron chi connectivity index (χ3n) is 10.5. The Morgan fingerprint density at radius 1 is 0.881 bits per heavy atom. The molecule has 27 heteroatoms. The highest BCUT2D eigenvalue weighted by atomic mass is 32.2. The lowest BCUT2D eigenvalue weighted by molar-refractivity contribution is -0.157.